The molecule has 1 heterocycles. The zero-order valence-electron chi connectivity index (χ0n) is 15.0. The van der Waals surface area contributed by atoms with Crippen LogP contribution in [-0.4, -0.2) is 16.6 Å². The van der Waals surface area contributed by atoms with E-state index < -0.39 is 17.6 Å². The Hall–Kier alpha value is -2.25. The van der Waals surface area contributed by atoms with Crippen LogP contribution in [0.1, 0.15) is 16.7 Å². The summed E-state index contributed by atoms with van der Waals surface area (Å²) in [7, 11) is 0. The van der Waals surface area contributed by atoms with Crippen molar-refractivity contribution in [3.8, 4) is 0 Å². The van der Waals surface area contributed by atoms with E-state index in [2.05, 4.69) is 10.3 Å². The van der Waals surface area contributed by atoms with Crippen LogP contribution in [0.15, 0.2) is 47.5 Å². The molecule has 0 bridgehead atoms. The summed E-state index contributed by atoms with van der Waals surface area (Å²) in [4.78, 5) is 16.8. The number of anilines is 1. The first-order chi connectivity index (χ1) is 13.1. The number of benzene rings is 2. The van der Waals surface area contributed by atoms with Crippen LogP contribution >= 0.6 is 23.4 Å². The fourth-order valence-corrected chi connectivity index (χ4v) is 3.66. The van der Waals surface area contributed by atoms with Crippen LogP contribution in [0.4, 0.5) is 18.9 Å². The number of amides is 1. The highest BCUT2D eigenvalue weighted by molar-refractivity contribution is 7.99. The van der Waals surface area contributed by atoms with E-state index in [0.29, 0.717) is 5.03 Å². The molecule has 0 spiro atoms. The number of carbonyl (C=O) groups excluding carboxylic acids is 1. The second-order valence-corrected chi connectivity index (χ2v) is 7.68. The number of nitrogens with zero attached hydrogens (tertiary/aromatic N) is 1. The molecule has 0 atom stereocenters. The third kappa shape index (κ3) is 4.59. The first-order valence-electron chi connectivity index (χ1n) is 8.31. The minimum atomic E-state index is -4.51. The molecule has 0 aliphatic carbocycles. The van der Waals surface area contributed by atoms with Gasteiger partial charge in [0.05, 0.1) is 32.6 Å². The van der Waals surface area contributed by atoms with Crippen LogP contribution in [0.2, 0.25) is 5.02 Å². The molecule has 146 valence electrons. The minimum Gasteiger partial charge on any atom is -0.324 e. The first kappa shape index (κ1) is 20.5. The molecular weight excluding hydrogens is 409 g/mol. The molecule has 3 nitrogen and oxygen atoms in total. The van der Waals surface area contributed by atoms with E-state index >= 15 is 0 Å². The quantitative estimate of drug-likeness (QED) is 0.503. The molecule has 0 saturated heterocycles. The van der Waals surface area contributed by atoms with E-state index in [1.165, 1.54) is 11.8 Å². The van der Waals surface area contributed by atoms with Gasteiger partial charge in [0, 0.05) is 5.39 Å². The third-order valence-electron chi connectivity index (χ3n) is 4.14. The second-order valence-electron chi connectivity index (χ2n) is 6.28. The Morgan fingerprint density at radius 1 is 1.14 bits per heavy atom. The molecule has 0 aliphatic rings. The Morgan fingerprint density at radius 2 is 1.89 bits per heavy atom. The van der Waals surface area contributed by atoms with Gasteiger partial charge in [-0.25, -0.2) is 4.98 Å². The van der Waals surface area contributed by atoms with Crippen molar-refractivity contribution in [2.24, 2.45) is 0 Å². The Bertz CT molecular complexity index is 1050. The van der Waals surface area contributed by atoms with Gasteiger partial charge in [0.25, 0.3) is 0 Å². The van der Waals surface area contributed by atoms with Gasteiger partial charge < -0.3 is 5.32 Å². The van der Waals surface area contributed by atoms with Gasteiger partial charge in [0.1, 0.15) is 0 Å². The molecule has 3 rings (SSSR count). The number of aromatic nitrogens is 1. The number of aryl methyl sites for hydroxylation is 2. The molecule has 1 N–H and O–H groups in total. The van der Waals surface area contributed by atoms with Gasteiger partial charge in [0.2, 0.25) is 5.91 Å². The number of nitrogens with one attached hydrogen (secondary N) is 1. The summed E-state index contributed by atoms with van der Waals surface area (Å²) in [5.74, 6) is -0.466. The highest BCUT2D eigenvalue weighted by Crippen LogP contribution is 2.34. The Labute approximate surface area is 169 Å². The van der Waals surface area contributed by atoms with Crippen molar-refractivity contribution in [1.82, 2.24) is 4.98 Å². The maximum absolute atomic E-state index is 12.8. The Kier molecular flexibility index (Phi) is 5.86. The second kappa shape index (κ2) is 8.01. The summed E-state index contributed by atoms with van der Waals surface area (Å²) in [5, 5.41) is 4.20. The average Bonchev–Trinajstić information content (AvgIpc) is 2.62. The third-order valence-corrected chi connectivity index (χ3v) is 5.38. The number of alkyl halides is 3. The van der Waals surface area contributed by atoms with E-state index in [4.69, 9.17) is 11.6 Å². The maximum Gasteiger partial charge on any atom is 0.416 e. The molecule has 2 aromatic carbocycles. The molecule has 0 radical (unpaired) electrons. The summed E-state index contributed by atoms with van der Waals surface area (Å²) >= 11 is 7.12. The normalized spacial score (nSPS) is 11.6. The van der Waals surface area contributed by atoms with Crippen LogP contribution in [-0.2, 0) is 11.0 Å². The monoisotopic (exact) mass is 424 g/mol. The van der Waals surface area contributed by atoms with Crippen LogP contribution < -0.4 is 5.32 Å². The minimum absolute atomic E-state index is 0.00357. The number of hydrogen-bond acceptors (Lipinski definition) is 3. The first-order valence-corrected chi connectivity index (χ1v) is 9.68. The van der Waals surface area contributed by atoms with Gasteiger partial charge in [0.15, 0.2) is 0 Å². The summed E-state index contributed by atoms with van der Waals surface area (Å²) < 4.78 is 38.5. The summed E-state index contributed by atoms with van der Waals surface area (Å²) in [5.41, 5.74) is 2.00. The fourth-order valence-electron chi connectivity index (χ4n) is 2.73. The molecule has 0 saturated carbocycles. The van der Waals surface area contributed by atoms with Crippen LogP contribution in [0, 0.1) is 13.8 Å². The van der Waals surface area contributed by atoms with Crippen molar-refractivity contribution in [2.45, 2.75) is 25.0 Å². The van der Waals surface area contributed by atoms with E-state index in [1.54, 1.807) is 0 Å². The Morgan fingerprint density at radius 3 is 2.61 bits per heavy atom. The lowest BCUT2D eigenvalue weighted by Gasteiger charge is -2.12. The van der Waals surface area contributed by atoms with Gasteiger partial charge in [-0.15, -0.1) is 0 Å². The lowest BCUT2D eigenvalue weighted by molar-refractivity contribution is -0.137. The molecule has 1 amide bonds. The van der Waals surface area contributed by atoms with Crippen LogP contribution in [0.25, 0.3) is 10.9 Å². The molecule has 3 aromatic rings. The molecule has 0 unspecified atom stereocenters. The van der Waals surface area contributed by atoms with Crippen LogP contribution in [0.3, 0.4) is 0 Å². The molecule has 8 heteroatoms. The predicted octanol–water partition coefficient (Wildman–Crippen LogP) is 6.25. The summed E-state index contributed by atoms with van der Waals surface area (Å²) in [6.45, 7) is 3.93. The number of pyridine rings is 1. The van der Waals surface area contributed by atoms with Gasteiger partial charge in [-0.3, -0.25) is 4.79 Å². The number of hydrogen-bond donors (Lipinski definition) is 1. The lowest BCUT2D eigenvalue weighted by Crippen LogP contribution is -2.15. The van der Waals surface area contributed by atoms with Crippen molar-refractivity contribution < 1.29 is 18.0 Å². The number of carbonyl (C=O) groups is 1. The predicted molar refractivity (Wildman–Crippen MR) is 107 cm³/mol. The molecule has 1 aromatic heterocycles. The zero-order chi connectivity index (χ0) is 20.5. The largest absolute Gasteiger partial charge is 0.416 e. The lowest BCUT2D eigenvalue weighted by atomic mass is 10.1. The van der Waals surface area contributed by atoms with Gasteiger partial charge in [-0.05, 0) is 49.2 Å². The maximum atomic E-state index is 12.8. The van der Waals surface area contributed by atoms with Gasteiger partial charge in [-0.1, -0.05) is 41.6 Å². The average molecular weight is 425 g/mol. The highest BCUT2D eigenvalue weighted by atomic mass is 35.5. The van der Waals surface area contributed by atoms with Crippen molar-refractivity contribution in [2.75, 3.05) is 11.1 Å². The summed E-state index contributed by atoms with van der Waals surface area (Å²) in [6.07, 6.45) is -4.51. The number of fused-ring (bicyclic) bond motifs is 1. The number of thioether (sulfide) groups is 1. The number of rotatable bonds is 4. The molecule has 28 heavy (non-hydrogen) atoms. The smallest absolute Gasteiger partial charge is 0.324 e. The van der Waals surface area contributed by atoms with Crippen molar-refractivity contribution >= 4 is 45.9 Å². The van der Waals surface area contributed by atoms with Gasteiger partial charge >= 0.3 is 6.18 Å². The standard InChI is InChI=1S/C20H16ClF3N2OS/c1-11-4-3-5-14-12(2)8-18(26-19(11)14)28-10-17(27)25-16-9-13(20(22,23)24)6-7-15(16)21/h3-9H,10H2,1-2H3,(H,25,27). The number of halogens is 4. The van der Waals surface area contributed by atoms with Crippen molar-refractivity contribution in [1.29, 1.82) is 0 Å². The number of para-hydroxylation sites is 1. The van der Waals surface area contributed by atoms with Crippen molar-refractivity contribution in [3.05, 3.63) is 64.2 Å². The summed E-state index contributed by atoms with van der Waals surface area (Å²) in [6, 6.07) is 10.6. The van der Waals surface area contributed by atoms with Crippen LogP contribution in [0.5, 0.6) is 0 Å². The van der Waals surface area contributed by atoms with Crippen molar-refractivity contribution in [3.63, 3.8) is 0 Å². The van der Waals surface area contributed by atoms with E-state index in [9.17, 15) is 18.0 Å². The van der Waals surface area contributed by atoms with E-state index in [0.717, 1.165) is 40.2 Å². The molecule has 0 fully saturated rings. The highest BCUT2D eigenvalue weighted by Gasteiger charge is 2.31. The Balaban J connectivity index is 1.73. The SMILES string of the molecule is Cc1cc(SCC(=O)Nc2cc(C(F)(F)F)ccc2Cl)nc2c(C)cccc12. The van der Waals surface area contributed by atoms with E-state index in [-0.39, 0.29) is 16.5 Å². The molecule has 0 aliphatic heterocycles. The topological polar surface area (TPSA) is 42.0 Å². The zero-order valence-corrected chi connectivity index (χ0v) is 16.6. The van der Waals surface area contributed by atoms with Gasteiger partial charge in [-0.2, -0.15) is 13.2 Å². The molecular formula is C20H16ClF3N2OS. The van der Waals surface area contributed by atoms with E-state index in [1.807, 2.05) is 38.1 Å². The fraction of sp³-hybridized carbons (Fsp3) is 0.200.